The van der Waals surface area contributed by atoms with E-state index in [1.54, 1.807) is 4.90 Å². The molecule has 0 N–H and O–H groups in total. The lowest BCUT2D eigenvalue weighted by Gasteiger charge is -2.31. The van der Waals surface area contributed by atoms with Gasteiger partial charge in [-0.15, -0.1) is 11.3 Å². The van der Waals surface area contributed by atoms with Gasteiger partial charge in [0, 0.05) is 18.1 Å². The Balaban J connectivity index is 1.52. The first-order valence-electron chi connectivity index (χ1n) is 8.23. The maximum absolute atomic E-state index is 14.0. The average Bonchev–Trinajstić information content (AvgIpc) is 3.34. The molecule has 3 aromatic rings. The minimum atomic E-state index is -0.570. The first-order chi connectivity index (χ1) is 12.6. The van der Waals surface area contributed by atoms with E-state index < -0.39 is 5.82 Å². The minimum absolute atomic E-state index is 0.0112. The fraction of sp³-hybridized carbons (Fsp3) is 0.278. The van der Waals surface area contributed by atoms with Crippen LogP contribution in [0.3, 0.4) is 0 Å². The van der Waals surface area contributed by atoms with Crippen molar-refractivity contribution in [1.82, 2.24) is 15.0 Å². The molecule has 0 aliphatic carbocycles. The average molecular weight is 392 g/mol. The summed E-state index contributed by atoms with van der Waals surface area (Å²) in [5.41, 5.74) is -0.0112. The van der Waals surface area contributed by atoms with E-state index in [1.165, 1.54) is 29.5 Å². The van der Waals surface area contributed by atoms with Gasteiger partial charge in [0.05, 0.1) is 16.4 Å². The van der Waals surface area contributed by atoms with Crippen molar-refractivity contribution in [1.29, 1.82) is 0 Å². The molecule has 3 heterocycles. The molecule has 8 heteroatoms. The van der Waals surface area contributed by atoms with E-state index in [9.17, 15) is 9.18 Å². The second kappa shape index (κ2) is 7.17. The molecule has 1 saturated heterocycles. The van der Waals surface area contributed by atoms with Crippen molar-refractivity contribution >= 4 is 28.8 Å². The number of hydrogen-bond donors (Lipinski definition) is 0. The molecule has 4 rings (SSSR count). The Hall–Kier alpha value is -2.25. The molecule has 2 aromatic heterocycles. The van der Waals surface area contributed by atoms with Crippen LogP contribution in [0.2, 0.25) is 5.02 Å². The highest BCUT2D eigenvalue weighted by atomic mass is 35.5. The van der Waals surface area contributed by atoms with E-state index in [0.29, 0.717) is 29.8 Å². The molecule has 0 spiro atoms. The predicted octanol–water partition coefficient (Wildman–Crippen LogP) is 4.61. The Bertz CT molecular complexity index is 928. The van der Waals surface area contributed by atoms with Gasteiger partial charge in [-0.3, -0.25) is 4.79 Å². The lowest BCUT2D eigenvalue weighted by atomic mass is 9.97. The number of rotatable bonds is 3. The van der Waals surface area contributed by atoms with Gasteiger partial charge in [-0.2, -0.15) is 4.98 Å². The zero-order chi connectivity index (χ0) is 18.1. The van der Waals surface area contributed by atoms with Crippen LogP contribution in [0.5, 0.6) is 0 Å². The standard InChI is InChI=1S/C18H15ClFN3O2S/c19-12-5-6-14(20)13(9-12)18(24)23-7-1-3-11(10-23)17-21-16(22-25-17)15-4-2-8-26-15/h2,4-6,8-9,11H,1,3,7,10H2. The van der Waals surface area contributed by atoms with E-state index >= 15 is 0 Å². The number of hydrogen-bond acceptors (Lipinski definition) is 5. The molecule has 5 nitrogen and oxygen atoms in total. The number of carbonyl (C=O) groups excluding carboxylic acids is 1. The number of benzene rings is 1. The van der Waals surface area contributed by atoms with Crippen LogP contribution in [0.1, 0.15) is 35.0 Å². The highest BCUT2D eigenvalue weighted by Crippen LogP contribution is 2.30. The maximum Gasteiger partial charge on any atom is 0.256 e. The van der Waals surface area contributed by atoms with Crippen LogP contribution >= 0.6 is 22.9 Å². The van der Waals surface area contributed by atoms with Crippen molar-refractivity contribution < 1.29 is 13.7 Å². The molecule has 1 unspecified atom stereocenters. The Morgan fingerprint density at radius 2 is 2.27 bits per heavy atom. The van der Waals surface area contributed by atoms with Crippen LogP contribution in [0.25, 0.3) is 10.7 Å². The maximum atomic E-state index is 14.0. The van der Waals surface area contributed by atoms with E-state index in [-0.39, 0.29) is 17.4 Å². The Morgan fingerprint density at radius 3 is 3.08 bits per heavy atom. The van der Waals surface area contributed by atoms with Crippen molar-refractivity contribution in [2.75, 3.05) is 13.1 Å². The first-order valence-corrected chi connectivity index (χ1v) is 9.49. The fourth-order valence-electron chi connectivity index (χ4n) is 3.10. The lowest BCUT2D eigenvalue weighted by Crippen LogP contribution is -2.39. The summed E-state index contributed by atoms with van der Waals surface area (Å²) in [5, 5.41) is 6.32. The van der Waals surface area contributed by atoms with Crippen LogP contribution < -0.4 is 0 Å². The molecular weight excluding hydrogens is 377 g/mol. The van der Waals surface area contributed by atoms with Crippen LogP contribution in [0.15, 0.2) is 40.2 Å². The van der Waals surface area contributed by atoms with Gasteiger partial charge in [0.1, 0.15) is 5.82 Å². The van der Waals surface area contributed by atoms with Gasteiger partial charge in [0.2, 0.25) is 11.7 Å². The zero-order valence-electron chi connectivity index (χ0n) is 13.7. The number of thiophene rings is 1. The van der Waals surface area contributed by atoms with Crippen molar-refractivity contribution in [3.8, 4) is 10.7 Å². The van der Waals surface area contributed by atoms with E-state index in [2.05, 4.69) is 10.1 Å². The van der Waals surface area contributed by atoms with E-state index in [4.69, 9.17) is 16.1 Å². The number of nitrogens with zero attached hydrogens (tertiary/aromatic N) is 3. The molecule has 0 radical (unpaired) electrons. The molecule has 0 saturated carbocycles. The van der Waals surface area contributed by atoms with Crippen molar-refractivity contribution in [2.45, 2.75) is 18.8 Å². The Labute approximate surface area is 158 Å². The summed E-state index contributed by atoms with van der Waals surface area (Å²) in [6, 6.07) is 7.86. The normalized spacial score (nSPS) is 17.5. The van der Waals surface area contributed by atoms with E-state index in [1.807, 2.05) is 17.5 Å². The lowest BCUT2D eigenvalue weighted by molar-refractivity contribution is 0.0691. The van der Waals surface area contributed by atoms with Gasteiger partial charge in [-0.1, -0.05) is 22.8 Å². The molecule has 1 amide bonds. The zero-order valence-corrected chi connectivity index (χ0v) is 15.3. The number of amides is 1. The topological polar surface area (TPSA) is 59.2 Å². The summed E-state index contributed by atoms with van der Waals surface area (Å²) >= 11 is 7.44. The first kappa shape index (κ1) is 17.2. The summed E-state index contributed by atoms with van der Waals surface area (Å²) in [6.07, 6.45) is 1.63. The second-order valence-electron chi connectivity index (χ2n) is 6.15. The van der Waals surface area contributed by atoms with E-state index in [0.717, 1.165) is 17.7 Å². The van der Waals surface area contributed by atoms with Crippen molar-refractivity contribution in [2.24, 2.45) is 0 Å². The molecule has 26 heavy (non-hydrogen) atoms. The third-order valence-corrected chi connectivity index (χ3v) is 5.50. The predicted molar refractivity (Wildman–Crippen MR) is 96.9 cm³/mol. The molecule has 134 valence electrons. The molecule has 1 aliphatic rings. The molecule has 1 atom stereocenters. The number of aromatic nitrogens is 2. The van der Waals surface area contributed by atoms with Gasteiger partial charge in [-0.05, 0) is 42.5 Å². The molecule has 1 aromatic carbocycles. The highest BCUT2D eigenvalue weighted by molar-refractivity contribution is 7.13. The molecule has 0 bridgehead atoms. The summed E-state index contributed by atoms with van der Waals surface area (Å²) in [4.78, 5) is 19.7. The SMILES string of the molecule is O=C(c1cc(Cl)ccc1F)N1CCCC(c2nc(-c3cccs3)no2)C1. The minimum Gasteiger partial charge on any atom is -0.339 e. The quantitative estimate of drug-likeness (QED) is 0.654. The fourth-order valence-corrected chi connectivity index (χ4v) is 3.92. The van der Waals surface area contributed by atoms with Gasteiger partial charge in [0.25, 0.3) is 5.91 Å². The molecule has 1 fully saturated rings. The highest BCUT2D eigenvalue weighted by Gasteiger charge is 2.30. The van der Waals surface area contributed by atoms with Gasteiger partial charge < -0.3 is 9.42 Å². The van der Waals surface area contributed by atoms with Crippen LogP contribution in [-0.2, 0) is 0 Å². The monoisotopic (exact) mass is 391 g/mol. The van der Waals surface area contributed by atoms with Crippen molar-refractivity contribution in [3.05, 3.63) is 58.0 Å². The third-order valence-electron chi connectivity index (χ3n) is 4.40. The smallest absolute Gasteiger partial charge is 0.256 e. The van der Waals surface area contributed by atoms with Crippen LogP contribution in [0, 0.1) is 5.82 Å². The Kier molecular flexibility index (Phi) is 4.74. The van der Waals surface area contributed by atoms with Gasteiger partial charge >= 0.3 is 0 Å². The largest absolute Gasteiger partial charge is 0.339 e. The second-order valence-corrected chi connectivity index (χ2v) is 7.53. The van der Waals surface area contributed by atoms with Crippen LogP contribution in [-0.4, -0.2) is 34.0 Å². The van der Waals surface area contributed by atoms with Crippen molar-refractivity contribution in [3.63, 3.8) is 0 Å². The van der Waals surface area contributed by atoms with Crippen LogP contribution in [0.4, 0.5) is 4.39 Å². The van der Waals surface area contributed by atoms with Gasteiger partial charge in [0.15, 0.2) is 0 Å². The number of carbonyl (C=O) groups is 1. The van der Waals surface area contributed by atoms with Gasteiger partial charge in [-0.25, -0.2) is 4.39 Å². The molecule has 1 aliphatic heterocycles. The summed E-state index contributed by atoms with van der Waals surface area (Å²) in [6.45, 7) is 0.976. The number of likely N-dealkylation sites (tertiary alicyclic amines) is 1. The summed E-state index contributed by atoms with van der Waals surface area (Å²) in [7, 11) is 0. The molecular formula is C18H15ClFN3O2S. The summed E-state index contributed by atoms with van der Waals surface area (Å²) in [5.74, 6) is 0.0694. The number of halogens is 2. The third kappa shape index (κ3) is 3.37. The summed E-state index contributed by atoms with van der Waals surface area (Å²) < 4.78 is 19.4. The number of piperidine rings is 1. The Morgan fingerprint density at radius 1 is 1.38 bits per heavy atom.